The van der Waals surface area contributed by atoms with Gasteiger partial charge in [-0.2, -0.15) is 0 Å². The maximum absolute atomic E-state index is 13.3. The van der Waals surface area contributed by atoms with E-state index >= 15 is 0 Å². The number of fused-ring (bicyclic) bond motifs is 1. The van der Waals surface area contributed by atoms with Crippen LogP contribution in [0.4, 0.5) is 0 Å². The summed E-state index contributed by atoms with van der Waals surface area (Å²) in [7, 11) is 0. The van der Waals surface area contributed by atoms with Gasteiger partial charge in [-0.1, -0.05) is 64.3 Å². The van der Waals surface area contributed by atoms with Crippen LogP contribution in [-0.2, 0) is 20.9 Å². The predicted molar refractivity (Wildman–Crippen MR) is 124 cm³/mol. The maximum atomic E-state index is 13.3. The second kappa shape index (κ2) is 9.88. The first-order valence-corrected chi connectivity index (χ1v) is 11.6. The van der Waals surface area contributed by atoms with E-state index in [9.17, 15) is 9.59 Å². The summed E-state index contributed by atoms with van der Waals surface area (Å²) in [6, 6.07) is 15.0. The topological polar surface area (TPSA) is 58.6 Å². The van der Waals surface area contributed by atoms with E-state index in [2.05, 4.69) is 21.2 Å². The van der Waals surface area contributed by atoms with Crippen LogP contribution in [0.15, 0.2) is 58.8 Å². The highest BCUT2D eigenvalue weighted by atomic mass is 79.9. The smallest absolute Gasteiger partial charge is 0.289 e. The van der Waals surface area contributed by atoms with Crippen molar-refractivity contribution in [1.82, 2.24) is 10.2 Å². The molecule has 1 saturated carbocycles. The molecule has 2 fully saturated rings. The molecule has 1 aliphatic carbocycles. The number of nitrogens with one attached hydrogen (secondary N) is 1. The van der Waals surface area contributed by atoms with Crippen LogP contribution < -0.4 is 5.32 Å². The zero-order valence-electron chi connectivity index (χ0n) is 17.0. The molecule has 2 atom stereocenters. The van der Waals surface area contributed by atoms with Crippen molar-refractivity contribution in [2.24, 2.45) is 0 Å². The SMILES string of the molecule is O=C(CN1C(=O)/C(=C/c2cccc(Br)c2)OC2CCCCC21)NCc1ccccc1Cl. The van der Waals surface area contributed by atoms with Crippen LogP contribution in [0.25, 0.3) is 6.08 Å². The Morgan fingerprint density at radius 2 is 2.00 bits per heavy atom. The second-order valence-corrected chi connectivity index (χ2v) is 9.20. The highest BCUT2D eigenvalue weighted by Gasteiger charge is 2.42. The molecule has 2 aliphatic rings. The Morgan fingerprint density at radius 3 is 2.81 bits per heavy atom. The molecule has 2 unspecified atom stereocenters. The van der Waals surface area contributed by atoms with Crippen LogP contribution in [0.2, 0.25) is 5.02 Å². The average molecular weight is 504 g/mol. The summed E-state index contributed by atoms with van der Waals surface area (Å²) < 4.78 is 7.04. The minimum Gasteiger partial charge on any atom is -0.482 e. The Bertz CT molecular complexity index is 1010. The molecule has 1 aliphatic heterocycles. The van der Waals surface area contributed by atoms with E-state index in [0.29, 0.717) is 17.3 Å². The summed E-state index contributed by atoms with van der Waals surface area (Å²) in [6.07, 6.45) is 5.49. The Balaban J connectivity index is 1.50. The van der Waals surface area contributed by atoms with Gasteiger partial charge in [-0.25, -0.2) is 0 Å². The number of halogens is 2. The van der Waals surface area contributed by atoms with Crippen molar-refractivity contribution in [3.05, 3.63) is 74.9 Å². The fraction of sp³-hybridized carbons (Fsp3) is 0.333. The molecule has 2 aromatic carbocycles. The summed E-state index contributed by atoms with van der Waals surface area (Å²) >= 11 is 9.63. The molecule has 31 heavy (non-hydrogen) atoms. The van der Waals surface area contributed by atoms with Crippen LogP contribution in [-0.4, -0.2) is 35.4 Å². The zero-order chi connectivity index (χ0) is 21.8. The van der Waals surface area contributed by atoms with Crippen molar-refractivity contribution < 1.29 is 14.3 Å². The van der Waals surface area contributed by atoms with Crippen LogP contribution in [0.1, 0.15) is 36.8 Å². The minimum atomic E-state index is -0.240. The number of amides is 2. The van der Waals surface area contributed by atoms with Crippen molar-refractivity contribution in [1.29, 1.82) is 0 Å². The monoisotopic (exact) mass is 502 g/mol. The molecule has 0 bridgehead atoms. The fourth-order valence-electron chi connectivity index (χ4n) is 4.16. The third-order valence-corrected chi connectivity index (χ3v) is 6.57. The van der Waals surface area contributed by atoms with Gasteiger partial charge in [0.25, 0.3) is 5.91 Å². The molecule has 1 heterocycles. The van der Waals surface area contributed by atoms with Gasteiger partial charge in [-0.05, 0) is 54.7 Å². The molecule has 0 radical (unpaired) electrons. The quantitative estimate of drug-likeness (QED) is 0.589. The average Bonchev–Trinajstić information content (AvgIpc) is 2.76. The van der Waals surface area contributed by atoms with Crippen LogP contribution in [0, 0.1) is 0 Å². The number of morpholine rings is 1. The minimum absolute atomic E-state index is 0.00361. The Hall–Kier alpha value is -2.31. The third-order valence-electron chi connectivity index (χ3n) is 5.71. The second-order valence-electron chi connectivity index (χ2n) is 7.87. The number of carbonyl (C=O) groups is 2. The zero-order valence-corrected chi connectivity index (χ0v) is 19.4. The number of rotatable bonds is 5. The molecule has 1 N–H and O–H groups in total. The van der Waals surface area contributed by atoms with Gasteiger partial charge >= 0.3 is 0 Å². The van der Waals surface area contributed by atoms with E-state index in [-0.39, 0.29) is 30.5 Å². The largest absolute Gasteiger partial charge is 0.482 e. The Kier molecular flexibility index (Phi) is 6.98. The van der Waals surface area contributed by atoms with Crippen molar-refractivity contribution in [2.75, 3.05) is 6.54 Å². The highest BCUT2D eigenvalue weighted by molar-refractivity contribution is 9.10. The molecule has 2 amide bonds. The van der Waals surface area contributed by atoms with Gasteiger partial charge in [0.2, 0.25) is 5.91 Å². The van der Waals surface area contributed by atoms with Crippen molar-refractivity contribution in [3.8, 4) is 0 Å². The number of carbonyl (C=O) groups excluding carboxylic acids is 2. The summed E-state index contributed by atoms with van der Waals surface area (Å²) in [5.41, 5.74) is 1.71. The first-order valence-electron chi connectivity index (χ1n) is 10.5. The molecular weight excluding hydrogens is 480 g/mol. The van der Waals surface area contributed by atoms with Gasteiger partial charge in [0.05, 0.1) is 6.04 Å². The van der Waals surface area contributed by atoms with Crippen LogP contribution in [0.3, 0.4) is 0 Å². The number of hydrogen-bond acceptors (Lipinski definition) is 3. The number of benzene rings is 2. The van der Waals surface area contributed by atoms with Gasteiger partial charge in [-0.3, -0.25) is 9.59 Å². The van der Waals surface area contributed by atoms with E-state index in [0.717, 1.165) is 41.3 Å². The lowest BCUT2D eigenvalue weighted by Crippen LogP contribution is -2.57. The van der Waals surface area contributed by atoms with Crippen molar-refractivity contribution in [2.45, 2.75) is 44.4 Å². The van der Waals surface area contributed by atoms with Gasteiger partial charge in [0.1, 0.15) is 12.6 Å². The maximum Gasteiger partial charge on any atom is 0.289 e. The molecule has 162 valence electrons. The Morgan fingerprint density at radius 1 is 1.19 bits per heavy atom. The first-order chi connectivity index (χ1) is 15.0. The molecule has 1 saturated heterocycles. The molecule has 0 spiro atoms. The molecule has 4 rings (SSSR count). The highest BCUT2D eigenvalue weighted by Crippen LogP contribution is 2.33. The van der Waals surface area contributed by atoms with Gasteiger partial charge in [0.15, 0.2) is 5.76 Å². The first kappa shape index (κ1) is 21.9. The summed E-state index contributed by atoms with van der Waals surface area (Å²) in [6.45, 7) is 0.329. The summed E-state index contributed by atoms with van der Waals surface area (Å²) in [5.74, 6) is -0.155. The molecular formula is C24H24BrClN2O3. The molecule has 7 heteroatoms. The molecule has 0 aromatic heterocycles. The molecule has 2 aromatic rings. The van der Waals surface area contributed by atoms with E-state index in [1.54, 1.807) is 17.0 Å². The van der Waals surface area contributed by atoms with Crippen LogP contribution in [0.5, 0.6) is 0 Å². The number of nitrogens with zero attached hydrogens (tertiary/aromatic N) is 1. The van der Waals surface area contributed by atoms with Gasteiger partial charge < -0.3 is 15.0 Å². The third kappa shape index (κ3) is 5.31. The standard InChI is InChI=1S/C24H24BrClN2O3/c25-18-8-5-6-16(12-18)13-22-24(30)28(20-10-3-4-11-21(20)31-22)15-23(29)27-14-17-7-1-2-9-19(17)26/h1-2,5-9,12-13,20-21H,3-4,10-11,14-15H2,(H,27,29)/b22-13-. The van der Waals surface area contributed by atoms with Gasteiger partial charge in [-0.15, -0.1) is 0 Å². The molecule has 5 nitrogen and oxygen atoms in total. The van der Waals surface area contributed by atoms with Crippen molar-refractivity contribution >= 4 is 45.4 Å². The predicted octanol–water partition coefficient (Wildman–Crippen LogP) is 4.93. The van der Waals surface area contributed by atoms with Gasteiger partial charge in [0, 0.05) is 16.0 Å². The number of hydrogen-bond donors (Lipinski definition) is 1. The van der Waals surface area contributed by atoms with Crippen molar-refractivity contribution in [3.63, 3.8) is 0 Å². The van der Waals surface area contributed by atoms with Crippen LogP contribution >= 0.6 is 27.5 Å². The number of ether oxygens (including phenoxy) is 1. The Labute approximate surface area is 195 Å². The lowest BCUT2D eigenvalue weighted by atomic mass is 9.89. The summed E-state index contributed by atoms with van der Waals surface area (Å²) in [5, 5.41) is 3.50. The van der Waals surface area contributed by atoms with E-state index in [4.69, 9.17) is 16.3 Å². The lowest BCUT2D eigenvalue weighted by Gasteiger charge is -2.44. The normalized spacial score (nSPS) is 22.1. The van der Waals surface area contributed by atoms with E-state index in [1.807, 2.05) is 42.5 Å². The lowest BCUT2D eigenvalue weighted by molar-refractivity contribution is -0.151. The van der Waals surface area contributed by atoms with E-state index < -0.39 is 0 Å². The van der Waals surface area contributed by atoms with E-state index in [1.165, 1.54) is 0 Å². The summed E-state index contributed by atoms with van der Waals surface area (Å²) in [4.78, 5) is 27.6. The fourth-order valence-corrected chi connectivity index (χ4v) is 4.78.